The molecule has 2 N–H and O–H groups in total. The molecule has 0 spiro atoms. The Bertz CT molecular complexity index is 527. The molecular formula is C17H29N3O5. The Kier molecular flexibility index (Phi) is 7.38. The van der Waals surface area contributed by atoms with E-state index in [9.17, 15) is 19.2 Å². The van der Waals surface area contributed by atoms with Crippen LogP contribution in [0.25, 0.3) is 0 Å². The summed E-state index contributed by atoms with van der Waals surface area (Å²) in [7, 11) is 0. The third-order valence-corrected chi connectivity index (χ3v) is 4.28. The molecule has 8 heteroatoms. The number of likely N-dealkylation sites (tertiary alicyclic amines) is 1. The number of carbonyl (C=O) groups excluding carboxylic acids is 3. The molecule has 1 heterocycles. The average Bonchev–Trinajstić information content (AvgIpc) is 2.74. The molecule has 142 valence electrons. The normalized spacial score (nSPS) is 18.2. The molecule has 1 unspecified atom stereocenters. The third-order valence-electron chi connectivity index (χ3n) is 4.28. The zero-order valence-electron chi connectivity index (χ0n) is 15.5. The molecule has 3 amide bonds. The largest absolute Gasteiger partial charge is 0.480 e. The van der Waals surface area contributed by atoms with E-state index in [4.69, 9.17) is 5.11 Å². The summed E-state index contributed by atoms with van der Waals surface area (Å²) in [6.07, 6.45) is 1.88. The second kappa shape index (κ2) is 8.82. The van der Waals surface area contributed by atoms with Crippen LogP contribution in [0.5, 0.6) is 0 Å². The summed E-state index contributed by atoms with van der Waals surface area (Å²) in [6.45, 7) is 7.31. The van der Waals surface area contributed by atoms with Crippen LogP contribution in [0, 0.1) is 5.41 Å². The molecule has 0 aromatic carbocycles. The van der Waals surface area contributed by atoms with E-state index in [0.717, 1.165) is 0 Å². The van der Waals surface area contributed by atoms with Crippen molar-refractivity contribution in [1.82, 2.24) is 15.1 Å². The molecule has 0 radical (unpaired) electrons. The summed E-state index contributed by atoms with van der Waals surface area (Å²) in [5.41, 5.74) is -0.553. The quantitative estimate of drug-likeness (QED) is 0.745. The Labute approximate surface area is 148 Å². The summed E-state index contributed by atoms with van der Waals surface area (Å²) in [4.78, 5) is 49.9. The van der Waals surface area contributed by atoms with Gasteiger partial charge in [-0.3, -0.25) is 19.2 Å². The van der Waals surface area contributed by atoms with Gasteiger partial charge in [-0.2, -0.15) is 0 Å². The van der Waals surface area contributed by atoms with Crippen molar-refractivity contribution < 1.29 is 24.3 Å². The van der Waals surface area contributed by atoms with Gasteiger partial charge in [-0.25, -0.2) is 0 Å². The Hall–Kier alpha value is -2.12. The van der Waals surface area contributed by atoms with Crippen LogP contribution in [-0.4, -0.2) is 70.8 Å². The van der Waals surface area contributed by atoms with Crippen molar-refractivity contribution >= 4 is 23.7 Å². The highest BCUT2D eigenvalue weighted by atomic mass is 16.4. The number of hydrogen-bond acceptors (Lipinski definition) is 4. The second-order valence-corrected chi connectivity index (χ2v) is 7.44. The van der Waals surface area contributed by atoms with Gasteiger partial charge in [-0.05, 0) is 19.3 Å². The first-order valence-electron chi connectivity index (χ1n) is 8.57. The van der Waals surface area contributed by atoms with Crippen LogP contribution in [0.2, 0.25) is 0 Å². The van der Waals surface area contributed by atoms with Gasteiger partial charge in [-0.15, -0.1) is 0 Å². The minimum absolute atomic E-state index is 0.0493. The van der Waals surface area contributed by atoms with Crippen molar-refractivity contribution in [3.8, 4) is 0 Å². The van der Waals surface area contributed by atoms with Crippen LogP contribution >= 0.6 is 0 Å². The van der Waals surface area contributed by atoms with E-state index in [1.807, 2.05) is 0 Å². The van der Waals surface area contributed by atoms with E-state index >= 15 is 0 Å². The van der Waals surface area contributed by atoms with Gasteiger partial charge in [-0.1, -0.05) is 20.8 Å². The van der Waals surface area contributed by atoms with Crippen molar-refractivity contribution in [3.05, 3.63) is 0 Å². The number of hydrogen-bond donors (Lipinski definition) is 2. The minimum atomic E-state index is -1.04. The van der Waals surface area contributed by atoms with Crippen LogP contribution in [0.3, 0.4) is 0 Å². The van der Waals surface area contributed by atoms with E-state index < -0.39 is 11.4 Å². The highest BCUT2D eigenvalue weighted by molar-refractivity contribution is 5.87. The van der Waals surface area contributed by atoms with Gasteiger partial charge in [0.1, 0.15) is 6.54 Å². The number of nitrogens with zero attached hydrogens (tertiary/aromatic N) is 2. The second-order valence-electron chi connectivity index (χ2n) is 7.44. The van der Waals surface area contributed by atoms with Gasteiger partial charge < -0.3 is 20.2 Å². The molecule has 0 bridgehead atoms. The molecule has 0 aromatic rings. The van der Waals surface area contributed by atoms with Crippen LogP contribution in [0.15, 0.2) is 0 Å². The van der Waals surface area contributed by atoms with E-state index in [1.54, 1.807) is 25.7 Å². The van der Waals surface area contributed by atoms with Gasteiger partial charge >= 0.3 is 5.97 Å². The highest BCUT2D eigenvalue weighted by Gasteiger charge is 2.28. The van der Waals surface area contributed by atoms with Gasteiger partial charge in [0.05, 0.1) is 6.54 Å². The van der Waals surface area contributed by atoms with Crippen molar-refractivity contribution in [2.24, 2.45) is 5.41 Å². The number of carboxylic acid groups (broad SMARTS) is 1. The molecule has 1 aliphatic rings. The first kappa shape index (κ1) is 20.9. The van der Waals surface area contributed by atoms with Gasteiger partial charge in [0, 0.05) is 31.5 Å². The lowest BCUT2D eigenvalue weighted by molar-refractivity contribution is -0.145. The summed E-state index contributed by atoms with van der Waals surface area (Å²) in [5, 5.41) is 11.6. The van der Waals surface area contributed by atoms with Crippen molar-refractivity contribution in [3.63, 3.8) is 0 Å². The van der Waals surface area contributed by atoms with E-state index in [2.05, 4.69) is 5.32 Å². The predicted molar refractivity (Wildman–Crippen MR) is 91.7 cm³/mol. The van der Waals surface area contributed by atoms with Crippen molar-refractivity contribution in [2.45, 2.75) is 53.0 Å². The maximum Gasteiger partial charge on any atom is 0.323 e. The number of nitrogens with one attached hydrogen (secondary N) is 1. The van der Waals surface area contributed by atoms with Crippen LogP contribution in [0.1, 0.15) is 47.0 Å². The fraction of sp³-hybridized carbons (Fsp3) is 0.765. The monoisotopic (exact) mass is 355 g/mol. The number of carbonyl (C=O) groups is 4. The zero-order chi connectivity index (χ0) is 19.2. The molecule has 1 rings (SSSR count). The van der Waals surface area contributed by atoms with E-state index in [0.29, 0.717) is 32.4 Å². The van der Waals surface area contributed by atoms with Crippen LogP contribution in [-0.2, 0) is 19.2 Å². The summed E-state index contributed by atoms with van der Waals surface area (Å²) < 4.78 is 0. The van der Waals surface area contributed by atoms with Crippen LogP contribution < -0.4 is 5.32 Å². The maximum atomic E-state index is 12.3. The van der Waals surface area contributed by atoms with Gasteiger partial charge in [0.2, 0.25) is 17.7 Å². The maximum absolute atomic E-state index is 12.3. The minimum Gasteiger partial charge on any atom is -0.480 e. The fourth-order valence-electron chi connectivity index (χ4n) is 2.82. The van der Waals surface area contributed by atoms with Crippen molar-refractivity contribution in [2.75, 3.05) is 26.2 Å². The molecule has 1 saturated heterocycles. The molecule has 1 aliphatic heterocycles. The molecular weight excluding hydrogens is 326 g/mol. The highest BCUT2D eigenvalue weighted by Crippen LogP contribution is 2.17. The van der Waals surface area contributed by atoms with Crippen LogP contribution in [0.4, 0.5) is 0 Å². The van der Waals surface area contributed by atoms with E-state index in [-0.39, 0.29) is 36.9 Å². The number of aliphatic carboxylic acids is 1. The first-order chi connectivity index (χ1) is 11.5. The van der Waals surface area contributed by atoms with Gasteiger partial charge in [0.25, 0.3) is 0 Å². The molecule has 8 nitrogen and oxygen atoms in total. The molecule has 1 fully saturated rings. The Balaban J connectivity index is 2.59. The third kappa shape index (κ3) is 6.72. The first-order valence-corrected chi connectivity index (χ1v) is 8.57. The zero-order valence-corrected chi connectivity index (χ0v) is 15.5. The van der Waals surface area contributed by atoms with Gasteiger partial charge in [0.15, 0.2) is 0 Å². The molecule has 0 aliphatic carbocycles. The Morgan fingerprint density at radius 3 is 2.32 bits per heavy atom. The summed E-state index contributed by atoms with van der Waals surface area (Å²) in [6, 6.07) is -0.185. The predicted octanol–water partition coefficient (Wildman–Crippen LogP) is 0.463. The Morgan fingerprint density at radius 2 is 1.80 bits per heavy atom. The Morgan fingerprint density at radius 1 is 1.16 bits per heavy atom. The number of amides is 3. The standard InChI is InChI=1S/C17H29N3O5/c1-12(21)20(11-15(23)24)13-6-5-8-19(9-7-13)14(22)10-18-16(25)17(2,3)4/h13H,5-11H2,1-4H3,(H,18,25)(H,23,24). The lowest BCUT2D eigenvalue weighted by Crippen LogP contribution is -2.45. The lowest BCUT2D eigenvalue weighted by atomic mass is 9.96. The number of carboxylic acids is 1. The fourth-order valence-corrected chi connectivity index (χ4v) is 2.82. The summed E-state index contributed by atoms with van der Waals surface area (Å²) >= 11 is 0. The lowest BCUT2D eigenvalue weighted by Gasteiger charge is -2.29. The smallest absolute Gasteiger partial charge is 0.323 e. The topological polar surface area (TPSA) is 107 Å². The molecule has 0 saturated carbocycles. The molecule has 0 aromatic heterocycles. The van der Waals surface area contributed by atoms with Crippen molar-refractivity contribution in [1.29, 1.82) is 0 Å². The van der Waals surface area contributed by atoms with E-state index in [1.165, 1.54) is 11.8 Å². The SMILES string of the molecule is CC(=O)N(CC(=O)O)C1CCCN(C(=O)CNC(=O)C(C)(C)C)CC1. The average molecular weight is 355 g/mol. The molecule has 1 atom stereocenters. The summed E-state index contributed by atoms with van der Waals surface area (Å²) in [5.74, 6) is -1.66. The molecule has 25 heavy (non-hydrogen) atoms. The number of rotatable bonds is 5.